The molecule has 1 spiro atoms. The summed E-state index contributed by atoms with van der Waals surface area (Å²) in [6, 6.07) is 24.2. The number of aliphatic hydroxyl groups is 1. The number of para-hydroxylation sites is 2. The van der Waals surface area contributed by atoms with Gasteiger partial charge in [0.15, 0.2) is 0 Å². The first-order chi connectivity index (χ1) is 20.9. The number of hydrogen-bond acceptors (Lipinski definition) is 7. The van der Waals surface area contributed by atoms with Crippen molar-refractivity contribution in [1.29, 1.82) is 0 Å². The summed E-state index contributed by atoms with van der Waals surface area (Å²) < 4.78 is 0.734. The Morgan fingerprint density at radius 2 is 1.72 bits per heavy atom. The second kappa shape index (κ2) is 11.1. The largest absolute Gasteiger partial charge is 0.394 e. The van der Waals surface area contributed by atoms with Crippen LogP contribution in [-0.2, 0) is 21.1 Å². The SMILES string of the molecule is O=C(NCn1nnc2ccccc21)C1N([C@H](CO)c2ccccc2)C(=O)[C@@H]2[C@H](C(=O)Nc3ccccc3)[C@H]3SC12CC3Br. The lowest BCUT2D eigenvalue weighted by atomic mass is 9.70. The number of anilines is 1. The van der Waals surface area contributed by atoms with Gasteiger partial charge in [-0.15, -0.1) is 16.9 Å². The molecule has 4 aromatic rings. The van der Waals surface area contributed by atoms with Gasteiger partial charge in [-0.1, -0.05) is 81.8 Å². The third kappa shape index (κ3) is 4.54. The number of thioether (sulfide) groups is 1. The van der Waals surface area contributed by atoms with Gasteiger partial charge < -0.3 is 20.6 Å². The molecule has 220 valence electrons. The molecule has 7 atom stereocenters. The van der Waals surface area contributed by atoms with Crippen LogP contribution in [0.2, 0.25) is 0 Å². The average Bonchev–Trinajstić information content (AvgIpc) is 3.75. The summed E-state index contributed by atoms with van der Waals surface area (Å²) in [5.74, 6) is -2.30. The third-order valence-electron chi connectivity index (χ3n) is 8.84. The van der Waals surface area contributed by atoms with Gasteiger partial charge in [0.1, 0.15) is 18.2 Å². The summed E-state index contributed by atoms with van der Waals surface area (Å²) in [6.45, 7) is -0.319. The Labute approximate surface area is 260 Å². The van der Waals surface area contributed by atoms with Crippen molar-refractivity contribution < 1.29 is 19.5 Å². The van der Waals surface area contributed by atoms with Crippen LogP contribution in [-0.4, -0.2) is 70.2 Å². The highest BCUT2D eigenvalue weighted by molar-refractivity contribution is 9.09. The maximum atomic E-state index is 14.5. The molecule has 43 heavy (non-hydrogen) atoms. The zero-order chi connectivity index (χ0) is 29.7. The first-order valence-corrected chi connectivity index (χ1v) is 15.9. The molecule has 3 aromatic carbocycles. The van der Waals surface area contributed by atoms with Crippen molar-refractivity contribution in [2.24, 2.45) is 11.8 Å². The van der Waals surface area contributed by atoms with Crippen LogP contribution in [0.15, 0.2) is 84.9 Å². The van der Waals surface area contributed by atoms with Crippen molar-refractivity contribution >= 4 is 62.1 Å². The molecule has 12 heteroatoms. The number of nitrogens with one attached hydrogen (secondary N) is 2. The molecule has 3 N–H and O–H groups in total. The number of likely N-dealkylation sites (tertiary alicyclic amines) is 1. The van der Waals surface area contributed by atoms with Crippen molar-refractivity contribution in [3.05, 3.63) is 90.5 Å². The summed E-state index contributed by atoms with van der Waals surface area (Å²) in [6.07, 6.45) is 0.529. The Kier molecular flexibility index (Phi) is 7.22. The minimum absolute atomic E-state index is 0.0531. The molecule has 0 radical (unpaired) electrons. The number of benzene rings is 3. The second-order valence-electron chi connectivity index (χ2n) is 11.2. The Morgan fingerprint density at radius 1 is 1.02 bits per heavy atom. The number of carbonyl (C=O) groups is 3. The van der Waals surface area contributed by atoms with Gasteiger partial charge in [-0.25, -0.2) is 4.68 Å². The summed E-state index contributed by atoms with van der Waals surface area (Å²) in [5.41, 5.74) is 2.84. The number of aliphatic hydroxyl groups excluding tert-OH is 1. The van der Waals surface area contributed by atoms with Gasteiger partial charge in [0.2, 0.25) is 17.7 Å². The maximum absolute atomic E-state index is 14.5. The fourth-order valence-electron chi connectivity index (χ4n) is 7.06. The minimum atomic E-state index is -0.929. The van der Waals surface area contributed by atoms with Crippen molar-refractivity contribution in [2.75, 3.05) is 11.9 Å². The number of nitrogens with zero attached hydrogens (tertiary/aromatic N) is 4. The Hall–Kier alpha value is -3.74. The number of fused-ring (bicyclic) bond motifs is 2. The fourth-order valence-corrected chi connectivity index (χ4v) is 10.7. The van der Waals surface area contributed by atoms with Crippen molar-refractivity contribution in [1.82, 2.24) is 25.2 Å². The molecule has 0 aliphatic carbocycles. The summed E-state index contributed by atoms with van der Waals surface area (Å²) in [5, 5.41) is 24.8. The van der Waals surface area contributed by atoms with Gasteiger partial charge >= 0.3 is 0 Å². The topological polar surface area (TPSA) is 129 Å². The molecule has 3 saturated heterocycles. The van der Waals surface area contributed by atoms with E-state index in [4.69, 9.17) is 0 Å². The predicted molar refractivity (Wildman–Crippen MR) is 166 cm³/mol. The smallest absolute Gasteiger partial charge is 0.245 e. The van der Waals surface area contributed by atoms with E-state index >= 15 is 0 Å². The number of hydrogen-bond donors (Lipinski definition) is 3. The summed E-state index contributed by atoms with van der Waals surface area (Å²) in [7, 11) is 0. The second-order valence-corrected chi connectivity index (χ2v) is 13.9. The van der Waals surface area contributed by atoms with Crippen molar-refractivity contribution in [3.8, 4) is 0 Å². The van der Waals surface area contributed by atoms with E-state index in [1.807, 2.05) is 84.9 Å². The molecule has 2 bridgehead atoms. The van der Waals surface area contributed by atoms with Crippen LogP contribution in [0.5, 0.6) is 0 Å². The van der Waals surface area contributed by atoms with Gasteiger partial charge in [-0.05, 0) is 36.2 Å². The summed E-state index contributed by atoms with van der Waals surface area (Å²) >= 11 is 5.35. The van der Waals surface area contributed by atoms with Crippen LogP contribution < -0.4 is 10.6 Å². The molecule has 0 saturated carbocycles. The molecule has 3 aliphatic rings. The molecule has 3 amide bonds. The number of rotatable bonds is 8. The number of alkyl halides is 1. The van der Waals surface area contributed by atoms with E-state index in [1.54, 1.807) is 16.4 Å². The van der Waals surface area contributed by atoms with Crippen LogP contribution in [0, 0.1) is 11.8 Å². The van der Waals surface area contributed by atoms with E-state index in [-0.39, 0.29) is 41.1 Å². The molecule has 10 nitrogen and oxygen atoms in total. The lowest BCUT2D eigenvalue weighted by Crippen LogP contribution is -2.55. The minimum Gasteiger partial charge on any atom is -0.394 e. The zero-order valence-corrected chi connectivity index (χ0v) is 25.3. The predicted octanol–water partition coefficient (Wildman–Crippen LogP) is 3.34. The highest BCUT2D eigenvalue weighted by atomic mass is 79.9. The Balaban J connectivity index is 1.26. The monoisotopic (exact) mass is 660 g/mol. The van der Waals surface area contributed by atoms with Crippen LogP contribution in [0.4, 0.5) is 5.69 Å². The zero-order valence-electron chi connectivity index (χ0n) is 22.9. The molecule has 3 unspecified atom stereocenters. The Morgan fingerprint density at radius 3 is 2.47 bits per heavy atom. The first-order valence-electron chi connectivity index (χ1n) is 14.1. The van der Waals surface area contributed by atoms with Crippen LogP contribution in [0.3, 0.4) is 0 Å². The van der Waals surface area contributed by atoms with Gasteiger partial charge in [-0.2, -0.15) is 0 Å². The number of halogens is 1. The lowest BCUT2D eigenvalue weighted by Gasteiger charge is -2.37. The molecular weight excluding hydrogens is 632 g/mol. The van der Waals surface area contributed by atoms with E-state index in [0.717, 1.165) is 11.1 Å². The quantitative estimate of drug-likeness (QED) is 0.247. The number of aromatic nitrogens is 3. The van der Waals surface area contributed by atoms with Gasteiger partial charge in [0, 0.05) is 15.8 Å². The lowest BCUT2D eigenvalue weighted by molar-refractivity contribution is -0.142. The van der Waals surface area contributed by atoms with E-state index in [1.165, 1.54) is 4.90 Å². The Bertz CT molecular complexity index is 1690. The van der Waals surface area contributed by atoms with E-state index < -0.39 is 28.7 Å². The first kappa shape index (κ1) is 28.1. The normalized spacial score (nSPS) is 28.2. The van der Waals surface area contributed by atoms with Gasteiger partial charge in [0.25, 0.3) is 0 Å². The molecule has 1 aromatic heterocycles. The van der Waals surface area contributed by atoms with Gasteiger partial charge in [0.05, 0.1) is 34.7 Å². The maximum Gasteiger partial charge on any atom is 0.245 e. The van der Waals surface area contributed by atoms with Crippen LogP contribution in [0.25, 0.3) is 11.0 Å². The number of carbonyl (C=O) groups excluding carboxylic acids is 3. The molecule has 4 heterocycles. The molecule has 3 fully saturated rings. The van der Waals surface area contributed by atoms with Crippen LogP contribution >= 0.6 is 27.7 Å². The van der Waals surface area contributed by atoms with Gasteiger partial charge in [-0.3, -0.25) is 14.4 Å². The number of amides is 3. The van der Waals surface area contributed by atoms with Crippen molar-refractivity contribution in [3.63, 3.8) is 0 Å². The van der Waals surface area contributed by atoms with E-state index in [9.17, 15) is 19.5 Å². The standard InChI is InChI=1S/C31H29BrN6O4S/c32-20-15-31-25(24(26(20)43-31)28(40)34-19-11-5-2-6-12-19)30(42)38(23(16-39)18-9-3-1-4-10-18)27(31)29(41)33-17-37-22-14-8-7-13-21(22)35-36-37/h1-14,20,23-27,39H,15-17H2,(H,33,41)(H,34,40)/t20?,23-,24+,25+,26+,27?,31?/m1/s1. The van der Waals surface area contributed by atoms with E-state index in [2.05, 4.69) is 36.9 Å². The van der Waals surface area contributed by atoms with Crippen molar-refractivity contribution in [2.45, 2.75) is 40.0 Å². The molecule has 3 aliphatic heterocycles. The van der Waals surface area contributed by atoms with Crippen LogP contribution in [0.1, 0.15) is 18.0 Å². The third-order valence-corrected chi connectivity index (χ3v) is 12.1. The van der Waals surface area contributed by atoms with E-state index in [0.29, 0.717) is 17.6 Å². The summed E-state index contributed by atoms with van der Waals surface area (Å²) in [4.78, 5) is 44.2. The molecule has 7 rings (SSSR count). The highest BCUT2D eigenvalue weighted by Gasteiger charge is 2.76. The highest BCUT2D eigenvalue weighted by Crippen LogP contribution is 2.68. The fraction of sp³-hybridized carbons (Fsp3) is 0.323. The molecular formula is C31H29BrN6O4S. The average molecular weight is 662 g/mol.